The number of hydrogen-bond donors (Lipinski definition) is 2. The molecular formula is C22H21F2N3O4. The van der Waals surface area contributed by atoms with Crippen LogP contribution >= 0.6 is 0 Å². The summed E-state index contributed by atoms with van der Waals surface area (Å²) in [5.74, 6) is -4.52. The Morgan fingerprint density at radius 3 is 2.32 bits per heavy atom. The average Bonchev–Trinajstić information content (AvgIpc) is 3.04. The predicted octanol–water partition coefficient (Wildman–Crippen LogP) is 2.41. The Bertz CT molecular complexity index is 1010. The van der Waals surface area contributed by atoms with Crippen LogP contribution in [0.25, 0.3) is 0 Å². The number of rotatable bonds is 6. The van der Waals surface area contributed by atoms with Crippen LogP contribution in [0.15, 0.2) is 48.2 Å². The van der Waals surface area contributed by atoms with Crippen molar-refractivity contribution in [1.29, 1.82) is 0 Å². The Morgan fingerprint density at radius 1 is 1.03 bits per heavy atom. The summed E-state index contributed by atoms with van der Waals surface area (Å²) < 4.78 is 32.4. The molecule has 2 aromatic carbocycles. The van der Waals surface area contributed by atoms with Gasteiger partial charge in [-0.2, -0.15) is 0 Å². The predicted molar refractivity (Wildman–Crippen MR) is 110 cm³/mol. The van der Waals surface area contributed by atoms with Crippen LogP contribution in [0.1, 0.15) is 5.56 Å². The van der Waals surface area contributed by atoms with Crippen molar-refractivity contribution in [3.05, 3.63) is 65.4 Å². The zero-order valence-corrected chi connectivity index (χ0v) is 16.6. The molecule has 0 saturated carbocycles. The number of phenols is 1. The van der Waals surface area contributed by atoms with Crippen molar-refractivity contribution in [2.24, 2.45) is 0 Å². The maximum Gasteiger partial charge on any atom is 0.277 e. The number of nitrogens with one attached hydrogen (secondary N) is 1. The number of nitrogens with zero attached hydrogens (tertiary/aromatic N) is 2. The normalized spacial score (nSPS) is 16.6. The van der Waals surface area contributed by atoms with E-state index < -0.39 is 29.2 Å². The number of anilines is 2. The summed E-state index contributed by atoms with van der Waals surface area (Å²) >= 11 is 0. The van der Waals surface area contributed by atoms with E-state index >= 15 is 0 Å². The summed E-state index contributed by atoms with van der Waals surface area (Å²) in [6.07, 6.45) is 1.57. The lowest BCUT2D eigenvalue weighted by molar-refractivity contribution is -0.137. The topological polar surface area (TPSA) is 82.1 Å². The zero-order chi connectivity index (χ0) is 22.0. The number of amides is 2. The van der Waals surface area contributed by atoms with E-state index in [4.69, 9.17) is 9.84 Å². The third-order valence-corrected chi connectivity index (χ3v) is 5.24. The highest BCUT2D eigenvalue weighted by Crippen LogP contribution is 2.26. The first-order chi connectivity index (χ1) is 14.9. The molecule has 1 saturated heterocycles. The number of benzene rings is 2. The third kappa shape index (κ3) is 4.51. The standard InChI is InChI=1S/C22H21F2N3O4/c23-17-11-15(12-18(24)21(17)29)25-19-13-20(28)27(22(19)30)6-5-14-1-3-16(4-2-14)26-7-9-31-10-8-26/h1-4,11-13,25,29H,5-10H2. The Labute approximate surface area is 177 Å². The van der Waals surface area contributed by atoms with Gasteiger partial charge in [0.25, 0.3) is 11.8 Å². The number of carbonyl (C=O) groups is 2. The molecule has 2 aliphatic rings. The van der Waals surface area contributed by atoms with Gasteiger partial charge in [0.05, 0.1) is 13.2 Å². The Hall–Kier alpha value is -3.46. The van der Waals surface area contributed by atoms with Crippen LogP contribution in [0.2, 0.25) is 0 Å². The molecule has 2 aromatic rings. The molecule has 0 bridgehead atoms. The Morgan fingerprint density at radius 2 is 1.68 bits per heavy atom. The van der Waals surface area contributed by atoms with Gasteiger partial charge >= 0.3 is 0 Å². The van der Waals surface area contributed by atoms with Crippen LogP contribution in [-0.2, 0) is 20.7 Å². The molecule has 1 fully saturated rings. The van der Waals surface area contributed by atoms with Crippen molar-refractivity contribution in [3.8, 4) is 5.75 Å². The molecule has 7 nitrogen and oxygen atoms in total. The lowest BCUT2D eigenvalue weighted by atomic mass is 10.1. The first-order valence-electron chi connectivity index (χ1n) is 9.86. The van der Waals surface area contributed by atoms with E-state index in [9.17, 15) is 18.4 Å². The van der Waals surface area contributed by atoms with E-state index in [0.29, 0.717) is 19.6 Å². The van der Waals surface area contributed by atoms with E-state index in [0.717, 1.165) is 47.4 Å². The molecule has 0 atom stereocenters. The summed E-state index contributed by atoms with van der Waals surface area (Å²) in [5, 5.41) is 11.7. The van der Waals surface area contributed by atoms with Crippen molar-refractivity contribution in [2.45, 2.75) is 6.42 Å². The maximum atomic E-state index is 13.5. The first-order valence-corrected chi connectivity index (χ1v) is 9.86. The summed E-state index contributed by atoms with van der Waals surface area (Å²) in [5.41, 5.74) is 1.90. The average molecular weight is 429 g/mol. The van der Waals surface area contributed by atoms with Gasteiger partial charge in [-0.3, -0.25) is 14.5 Å². The number of carbonyl (C=O) groups excluding carboxylic acids is 2. The van der Waals surface area contributed by atoms with Gasteiger partial charge in [-0.15, -0.1) is 0 Å². The summed E-state index contributed by atoms with van der Waals surface area (Å²) in [6, 6.07) is 9.63. The largest absolute Gasteiger partial charge is 0.503 e. The quantitative estimate of drug-likeness (QED) is 0.542. The molecule has 0 aromatic heterocycles. The van der Waals surface area contributed by atoms with Gasteiger partial charge in [-0.25, -0.2) is 8.78 Å². The highest BCUT2D eigenvalue weighted by atomic mass is 19.1. The smallest absolute Gasteiger partial charge is 0.277 e. The second kappa shape index (κ2) is 8.73. The van der Waals surface area contributed by atoms with Crippen LogP contribution < -0.4 is 10.2 Å². The molecular weight excluding hydrogens is 408 g/mol. The second-order valence-electron chi connectivity index (χ2n) is 7.28. The minimum atomic E-state index is -1.17. The molecule has 0 aliphatic carbocycles. The minimum absolute atomic E-state index is 0.0826. The molecule has 2 amide bonds. The molecule has 9 heteroatoms. The van der Waals surface area contributed by atoms with Crippen LogP contribution in [0.4, 0.5) is 20.2 Å². The molecule has 0 radical (unpaired) electrons. The van der Waals surface area contributed by atoms with Crippen molar-refractivity contribution >= 4 is 23.2 Å². The van der Waals surface area contributed by atoms with Crippen molar-refractivity contribution in [2.75, 3.05) is 43.1 Å². The van der Waals surface area contributed by atoms with Gasteiger partial charge in [0.1, 0.15) is 5.70 Å². The van der Waals surface area contributed by atoms with E-state index in [1.165, 1.54) is 0 Å². The molecule has 162 valence electrons. The van der Waals surface area contributed by atoms with E-state index in [2.05, 4.69) is 10.2 Å². The Balaban J connectivity index is 1.36. The number of phenolic OH excluding ortho intramolecular Hbond substituents is 1. The number of imide groups is 1. The fourth-order valence-corrected chi connectivity index (χ4v) is 3.54. The van der Waals surface area contributed by atoms with E-state index in [1.54, 1.807) is 0 Å². The lowest BCUT2D eigenvalue weighted by Gasteiger charge is -2.29. The maximum absolute atomic E-state index is 13.5. The van der Waals surface area contributed by atoms with Gasteiger partial charge in [0.2, 0.25) is 0 Å². The Kier molecular flexibility index (Phi) is 5.85. The molecule has 2 N–H and O–H groups in total. The molecule has 2 aliphatic heterocycles. The number of ether oxygens (including phenoxy) is 1. The summed E-state index contributed by atoms with van der Waals surface area (Å²) in [7, 11) is 0. The monoisotopic (exact) mass is 429 g/mol. The number of aromatic hydroxyl groups is 1. The minimum Gasteiger partial charge on any atom is -0.503 e. The fraction of sp³-hybridized carbons (Fsp3) is 0.273. The lowest BCUT2D eigenvalue weighted by Crippen LogP contribution is -2.36. The molecule has 4 rings (SSSR count). The highest BCUT2D eigenvalue weighted by Gasteiger charge is 2.31. The van der Waals surface area contributed by atoms with Crippen LogP contribution in [0, 0.1) is 11.6 Å². The van der Waals surface area contributed by atoms with E-state index in [1.807, 2.05) is 24.3 Å². The van der Waals surface area contributed by atoms with Gasteiger partial charge in [0.15, 0.2) is 17.4 Å². The van der Waals surface area contributed by atoms with Gasteiger partial charge in [0, 0.05) is 49.2 Å². The third-order valence-electron chi connectivity index (χ3n) is 5.24. The van der Waals surface area contributed by atoms with Gasteiger partial charge < -0.3 is 20.1 Å². The van der Waals surface area contributed by atoms with E-state index in [-0.39, 0.29) is 17.9 Å². The summed E-state index contributed by atoms with van der Waals surface area (Å²) in [6.45, 7) is 3.26. The van der Waals surface area contributed by atoms with Crippen molar-refractivity contribution < 1.29 is 28.2 Å². The molecule has 2 heterocycles. The van der Waals surface area contributed by atoms with Crippen LogP contribution in [-0.4, -0.2) is 54.7 Å². The molecule has 0 spiro atoms. The van der Waals surface area contributed by atoms with Gasteiger partial charge in [-0.05, 0) is 24.1 Å². The zero-order valence-electron chi connectivity index (χ0n) is 16.6. The highest BCUT2D eigenvalue weighted by molar-refractivity contribution is 6.17. The SMILES string of the molecule is O=C1C=C(Nc2cc(F)c(O)c(F)c2)C(=O)N1CCc1ccc(N2CCOCC2)cc1. The summed E-state index contributed by atoms with van der Waals surface area (Å²) in [4.78, 5) is 28.1. The van der Waals surface area contributed by atoms with Crippen LogP contribution in [0.3, 0.4) is 0 Å². The molecule has 0 unspecified atom stereocenters. The van der Waals surface area contributed by atoms with Crippen molar-refractivity contribution in [3.63, 3.8) is 0 Å². The fourth-order valence-electron chi connectivity index (χ4n) is 3.54. The van der Waals surface area contributed by atoms with Crippen LogP contribution in [0.5, 0.6) is 5.75 Å². The molecule has 31 heavy (non-hydrogen) atoms. The number of morpholine rings is 1. The number of hydrogen-bond acceptors (Lipinski definition) is 6. The second-order valence-corrected chi connectivity index (χ2v) is 7.28. The van der Waals surface area contributed by atoms with Crippen molar-refractivity contribution in [1.82, 2.24) is 4.90 Å². The van der Waals surface area contributed by atoms with Gasteiger partial charge in [-0.1, -0.05) is 12.1 Å². The number of halogens is 2. The first kappa shape index (κ1) is 20.8.